The smallest absolute Gasteiger partial charge is 0.0832 e. The fraction of sp³-hybridized carbons (Fsp3) is 0.0870. The van der Waals surface area contributed by atoms with Crippen molar-refractivity contribution in [3.63, 3.8) is 0 Å². The van der Waals surface area contributed by atoms with Crippen LogP contribution in [0.1, 0.15) is 22.9 Å². The standard InChI is InChI=1S/C23H18N2S2/c1-3-8-17(9-4-1)20-16-19(24-25(20)18-10-5-2-6-11-18)21-13-14-23(27-21)22-12-7-15-26-22/h1-15,20H,16H2. The van der Waals surface area contributed by atoms with E-state index in [1.54, 1.807) is 11.3 Å². The van der Waals surface area contributed by atoms with Crippen LogP contribution in [0.25, 0.3) is 9.75 Å². The van der Waals surface area contributed by atoms with Crippen molar-refractivity contribution in [1.29, 1.82) is 0 Å². The lowest BCUT2D eigenvalue weighted by Gasteiger charge is -2.23. The Kier molecular flexibility index (Phi) is 4.36. The van der Waals surface area contributed by atoms with Gasteiger partial charge in [-0.2, -0.15) is 5.10 Å². The molecule has 1 unspecified atom stereocenters. The molecule has 0 spiro atoms. The van der Waals surface area contributed by atoms with E-state index in [-0.39, 0.29) is 6.04 Å². The maximum absolute atomic E-state index is 5.04. The minimum Gasteiger partial charge on any atom is -0.257 e. The molecule has 27 heavy (non-hydrogen) atoms. The zero-order chi connectivity index (χ0) is 18.1. The molecule has 0 N–H and O–H groups in total. The molecule has 0 amide bonds. The zero-order valence-corrected chi connectivity index (χ0v) is 16.3. The van der Waals surface area contributed by atoms with Crippen molar-refractivity contribution in [2.24, 2.45) is 5.10 Å². The van der Waals surface area contributed by atoms with E-state index in [2.05, 4.69) is 89.3 Å². The van der Waals surface area contributed by atoms with E-state index in [9.17, 15) is 0 Å². The zero-order valence-electron chi connectivity index (χ0n) is 14.7. The lowest BCUT2D eigenvalue weighted by atomic mass is 10.0. The topological polar surface area (TPSA) is 15.6 Å². The summed E-state index contributed by atoms with van der Waals surface area (Å²) < 4.78 is 0. The molecule has 1 aliphatic rings. The van der Waals surface area contributed by atoms with Gasteiger partial charge >= 0.3 is 0 Å². The predicted octanol–water partition coefficient (Wildman–Crippen LogP) is 6.83. The molecule has 2 nitrogen and oxygen atoms in total. The van der Waals surface area contributed by atoms with Crippen molar-refractivity contribution >= 4 is 34.1 Å². The van der Waals surface area contributed by atoms with Crippen LogP contribution < -0.4 is 5.01 Å². The third-order valence-corrected chi connectivity index (χ3v) is 6.97. The summed E-state index contributed by atoms with van der Waals surface area (Å²) in [5.41, 5.74) is 3.60. The van der Waals surface area contributed by atoms with Crippen LogP contribution >= 0.6 is 22.7 Å². The number of anilines is 1. The number of thiophene rings is 2. The molecule has 4 heteroatoms. The monoisotopic (exact) mass is 386 g/mol. The summed E-state index contributed by atoms with van der Waals surface area (Å²) in [5, 5.41) is 9.35. The van der Waals surface area contributed by atoms with Crippen molar-refractivity contribution in [1.82, 2.24) is 0 Å². The number of nitrogens with zero attached hydrogens (tertiary/aromatic N) is 2. The fourth-order valence-corrected chi connectivity index (χ4v) is 5.29. The first kappa shape index (κ1) is 16.5. The van der Waals surface area contributed by atoms with Gasteiger partial charge in [0.05, 0.1) is 22.3 Å². The number of hydrazone groups is 1. The van der Waals surface area contributed by atoms with E-state index in [0.29, 0.717) is 0 Å². The molecule has 1 aliphatic heterocycles. The summed E-state index contributed by atoms with van der Waals surface area (Å²) in [4.78, 5) is 3.90. The Hall–Kier alpha value is -2.69. The van der Waals surface area contributed by atoms with Crippen LogP contribution in [0.15, 0.2) is 95.4 Å². The Morgan fingerprint density at radius 1 is 0.741 bits per heavy atom. The molecule has 0 bridgehead atoms. The largest absolute Gasteiger partial charge is 0.257 e. The van der Waals surface area contributed by atoms with E-state index in [4.69, 9.17) is 5.10 Å². The maximum Gasteiger partial charge on any atom is 0.0832 e. The van der Waals surface area contributed by atoms with E-state index in [1.807, 2.05) is 17.4 Å². The molecule has 1 atom stereocenters. The molecule has 4 aromatic rings. The van der Waals surface area contributed by atoms with E-state index >= 15 is 0 Å². The highest BCUT2D eigenvalue weighted by atomic mass is 32.1. The highest BCUT2D eigenvalue weighted by molar-refractivity contribution is 7.22. The summed E-state index contributed by atoms with van der Waals surface area (Å²) in [6, 6.07) is 30.1. The average molecular weight is 387 g/mol. The molecule has 0 saturated carbocycles. The number of rotatable bonds is 4. The van der Waals surface area contributed by atoms with Crippen LogP contribution in [-0.2, 0) is 0 Å². The van der Waals surface area contributed by atoms with E-state index in [1.165, 1.54) is 25.9 Å². The van der Waals surface area contributed by atoms with Crippen molar-refractivity contribution in [2.75, 3.05) is 5.01 Å². The molecule has 0 saturated heterocycles. The van der Waals surface area contributed by atoms with Gasteiger partial charge in [-0.1, -0.05) is 54.6 Å². The van der Waals surface area contributed by atoms with Gasteiger partial charge in [-0.3, -0.25) is 5.01 Å². The van der Waals surface area contributed by atoms with E-state index in [0.717, 1.165) is 12.1 Å². The van der Waals surface area contributed by atoms with Gasteiger partial charge in [-0.15, -0.1) is 22.7 Å². The van der Waals surface area contributed by atoms with Crippen LogP contribution in [0.5, 0.6) is 0 Å². The first-order valence-corrected chi connectivity index (χ1v) is 10.7. The lowest BCUT2D eigenvalue weighted by Crippen LogP contribution is -2.18. The Morgan fingerprint density at radius 3 is 2.22 bits per heavy atom. The SMILES string of the molecule is c1ccc(C2CC(c3ccc(-c4cccs4)s3)=NN2c2ccccc2)cc1. The molecule has 0 radical (unpaired) electrons. The van der Waals surface area contributed by atoms with Crippen LogP contribution in [-0.4, -0.2) is 5.71 Å². The third-order valence-electron chi connectivity index (χ3n) is 4.77. The second-order valence-electron chi connectivity index (χ2n) is 6.50. The molecule has 2 aromatic heterocycles. The number of para-hydroxylation sites is 1. The van der Waals surface area contributed by atoms with Crippen molar-refractivity contribution < 1.29 is 0 Å². The molecular weight excluding hydrogens is 368 g/mol. The van der Waals surface area contributed by atoms with Crippen molar-refractivity contribution in [3.8, 4) is 9.75 Å². The average Bonchev–Trinajstić information content (AvgIpc) is 3.49. The quantitative estimate of drug-likeness (QED) is 0.375. The van der Waals surface area contributed by atoms with Crippen LogP contribution in [0.4, 0.5) is 5.69 Å². The van der Waals surface area contributed by atoms with Gasteiger partial charge in [0.1, 0.15) is 0 Å². The minimum absolute atomic E-state index is 0.232. The molecule has 2 aromatic carbocycles. The Labute approximate surface area is 167 Å². The second kappa shape index (κ2) is 7.14. The highest BCUT2D eigenvalue weighted by Gasteiger charge is 2.30. The minimum atomic E-state index is 0.232. The van der Waals surface area contributed by atoms with Crippen LogP contribution in [0.3, 0.4) is 0 Å². The molecule has 5 rings (SSSR count). The number of hydrogen-bond donors (Lipinski definition) is 0. The third kappa shape index (κ3) is 3.22. The number of hydrogen-bond acceptors (Lipinski definition) is 4. The summed E-state index contributed by atoms with van der Waals surface area (Å²) in [7, 11) is 0. The number of benzene rings is 2. The Balaban J connectivity index is 1.52. The van der Waals surface area contributed by atoms with Gasteiger partial charge in [-0.25, -0.2) is 0 Å². The fourth-order valence-electron chi connectivity index (χ4n) is 3.46. The molecule has 0 aliphatic carbocycles. The molecule has 3 heterocycles. The first-order valence-electron chi connectivity index (χ1n) is 8.99. The van der Waals surface area contributed by atoms with Gasteiger partial charge in [0, 0.05) is 16.2 Å². The maximum atomic E-state index is 5.04. The van der Waals surface area contributed by atoms with Gasteiger partial charge in [0.2, 0.25) is 0 Å². The second-order valence-corrected chi connectivity index (χ2v) is 8.53. The predicted molar refractivity (Wildman–Crippen MR) is 117 cm³/mol. The summed E-state index contributed by atoms with van der Waals surface area (Å²) in [6.45, 7) is 0. The van der Waals surface area contributed by atoms with Gasteiger partial charge in [0.15, 0.2) is 0 Å². The van der Waals surface area contributed by atoms with Gasteiger partial charge < -0.3 is 0 Å². The summed E-state index contributed by atoms with van der Waals surface area (Å²) in [5.74, 6) is 0. The highest BCUT2D eigenvalue weighted by Crippen LogP contribution is 2.39. The van der Waals surface area contributed by atoms with Crippen molar-refractivity contribution in [2.45, 2.75) is 12.5 Å². The molecular formula is C23H18N2S2. The Morgan fingerprint density at radius 2 is 1.48 bits per heavy atom. The van der Waals surface area contributed by atoms with Crippen LogP contribution in [0.2, 0.25) is 0 Å². The summed E-state index contributed by atoms with van der Waals surface area (Å²) >= 11 is 3.62. The molecule has 0 fully saturated rings. The van der Waals surface area contributed by atoms with Crippen molar-refractivity contribution in [3.05, 3.63) is 101 Å². The Bertz CT molecular complexity index is 1050. The normalized spacial score (nSPS) is 16.5. The first-order chi connectivity index (χ1) is 13.4. The lowest BCUT2D eigenvalue weighted by molar-refractivity contribution is 0.709. The summed E-state index contributed by atoms with van der Waals surface area (Å²) in [6.07, 6.45) is 0.920. The van der Waals surface area contributed by atoms with Gasteiger partial charge in [0.25, 0.3) is 0 Å². The van der Waals surface area contributed by atoms with Gasteiger partial charge in [-0.05, 0) is 41.3 Å². The molecule has 132 valence electrons. The van der Waals surface area contributed by atoms with Crippen LogP contribution in [0, 0.1) is 0 Å². The van der Waals surface area contributed by atoms with E-state index < -0.39 is 0 Å².